The number of rotatable bonds is 7. The van der Waals surface area contributed by atoms with Crippen LogP contribution in [0.5, 0.6) is 0 Å². The van der Waals surface area contributed by atoms with Gasteiger partial charge >= 0.3 is 6.03 Å². The number of nitrogens with zero attached hydrogens (tertiary/aromatic N) is 4. The Hall–Kier alpha value is -4.11. The molecule has 3 aliphatic rings. The van der Waals surface area contributed by atoms with Crippen molar-refractivity contribution in [3.8, 4) is 0 Å². The lowest BCUT2D eigenvalue weighted by atomic mass is 9.71. The van der Waals surface area contributed by atoms with E-state index in [2.05, 4.69) is 38.3 Å². The molecule has 1 saturated heterocycles. The first-order valence-corrected chi connectivity index (χ1v) is 14.5. The van der Waals surface area contributed by atoms with Crippen molar-refractivity contribution in [1.82, 2.24) is 24.6 Å². The van der Waals surface area contributed by atoms with E-state index in [-0.39, 0.29) is 23.4 Å². The van der Waals surface area contributed by atoms with E-state index in [9.17, 15) is 14.4 Å². The molecule has 4 amide bonds. The molecule has 2 fully saturated rings. The highest BCUT2D eigenvalue weighted by Crippen LogP contribution is 2.49. The number of benzene rings is 2. The Morgan fingerprint density at radius 1 is 0.829 bits per heavy atom. The highest BCUT2D eigenvalue weighted by molar-refractivity contribution is 5.94. The Kier molecular flexibility index (Phi) is 7.30. The maximum atomic E-state index is 13.3. The van der Waals surface area contributed by atoms with Crippen molar-refractivity contribution in [2.75, 3.05) is 39.0 Å². The third kappa shape index (κ3) is 5.22. The number of aromatic nitrogens is 1. The van der Waals surface area contributed by atoms with Crippen LogP contribution in [0.25, 0.3) is 0 Å². The Bertz CT molecular complexity index is 1440. The van der Waals surface area contributed by atoms with Gasteiger partial charge in [0.15, 0.2) is 0 Å². The van der Waals surface area contributed by atoms with Crippen LogP contribution in [-0.4, -0.2) is 70.8 Å². The van der Waals surface area contributed by atoms with Crippen LogP contribution in [0.4, 0.5) is 10.5 Å². The van der Waals surface area contributed by atoms with Crippen molar-refractivity contribution in [1.29, 1.82) is 0 Å². The van der Waals surface area contributed by atoms with Crippen LogP contribution < -0.4 is 10.6 Å². The number of fused-ring (bicyclic) bond motifs is 2. The van der Waals surface area contributed by atoms with Crippen molar-refractivity contribution in [3.63, 3.8) is 0 Å². The molecule has 3 aromatic rings. The van der Waals surface area contributed by atoms with Gasteiger partial charge in [0.2, 0.25) is 0 Å². The van der Waals surface area contributed by atoms with Crippen LogP contribution >= 0.6 is 0 Å². The summed E-state index contributed by atoms with van der Waals surface area (Å²) in [4.78, 5) is 43.6. The molecule has 0 bridgehead atoms. The van der Waals surface area contributed by atoms with E-state index >= 15 is 0 Å². The number of hydrogen-bond donors (Lipinski definition) is 2. The zero-order valence-corrected chi connectivity index (χ0v) is 23.9. The number of carbonyl (C=O) groups is 3. The number of urea groups is 1. The van der Waals surface area contributed by atoms with Gasteiger partial charge in [-0.2, -0.15) is 0 Å². The Morgan fingerprint density at radius 2 is 1.54 bits per heavy atom. The molecular weight excluding hydrogens is 516 g/mol. The Labute approximate surface area is 241 Å². The molecule has 1 aromatic heterocycles. The third-order valence-corrected chi connectivity index (χ3v) is 8.85. The van der Waals surface area contributed by atoms with Crippen molar-refractivity contribution in [2.45, 2.75) is 50.9 Å². The van der Waals surface area contributed by atoms with Crippen LogP contribution in [0.15, 0.2) is 60.7 Å². The summed E-state index contributed by atoms with van der Waals surface area (Å²) in [6.07, 6.45) is 4.39. The molecule has 0 radical (unpaired) electrons. The van der Waals surface area contributed by atoms with E-state index in [1.54, 1.807) is 23.9 Å². The molecule has 6 rings (SSSR count). The molecular formula is C32H38N6O3. The molecule has 214 valence electrons. The van der Waals surface area contributed by atoms with E-state index in [0.717, 1.165) is 63.2 Å². The number of carbonyl (C=O) groups excluding carboxylic acids is 3. The monoisotopic (exact) mass is 554 g/mol. The van der Waals surface area contributed by atoms with Gasteiger partial charge in [-0.3, -0.25) is 14.5 Å². The topological polar surface area (TPSA) is 89.9 Å². The van der Waals surface area contributed by atoms with Gasteiger partial charge in [-0.25, -0.2) is 4.79 Å². The summed E-state index contributed by atoms with van der Waals surface area (Å²) in [5.41, 5.74) is 5.50. The predicted molar refractivity (Wildman–Crippen MR) is 158 cm³/mol. The lowest BCUT2D eigenvalue weighted by Gasteiger charge is -2.53. The molecule has 0 atom stereocenters. The van der Waals surface area contributed by atoms with Crippen LogP contribution in [0, 0.1) is 0 Å². The quantitative estimate of drug-likeness (QED) is 0.457. The summed E-state index contributed by atoms with van der Waals surface area (Å²) in [6, 6.07) is 19.6. The van der Waals surface area contributed by atoms with Gasteiger partial charge in [0.05, 0.1) is 5.54 Å². The first-order valence-electron chi connectivity index (χ1n) is 14.5. The SMILES string of the molecule is CN(C)C(=O)c1ccc(CN2CCn3c(C(=O)NCc4ccc(NC(=O)N5CCC5)cc4)ccc3C23CCC3)cc1. The molecule has 9 nitrogen and oxygen atoms in total. The average Bonchev–Trinajstić information content (AvgIpc) is 3.35. The molecule has 3 heterocycles. The van der Waals surface area contributed by atoms with Crippen LogP contribution in [0.2, 0.25) is 0 Å². The molecule has 1 spiro atoms. The molecule has 2 N–H and O–H groups in total. The molecule has 9 heteroatoms. The molecule has 1 saturated carbocycles. The summed E-state index contributed by atoms with van der Waals surface area (Å²) in [7, 11) is 3.53. The van der Waals surface area contributed by atoms with Crippen molar-refractivity contribution < 1.29 is 14.4 Å². The van der Waals surface area contributed by atoms with Crippen molar-refractivity contribution >= 4 is 23.5 Å². The third-order valence-electron chi connectivity index (χ3n) is 8.85. The van der Waals surface area contributed by atoms with E-state index in [0.29, 0.717) is 17.8 Å². The Morgan fingerprint density at radius 3 is 2.15 bits per heavy atom. The lowest BCUT2D eigenvalue weighted by Crippen LogP contribution is -2.56. The highest BCUT2D eigenvalue weighted by Gasteiger charge is 2.48. The number of amides is 4. The predicted octanol–water partition coefficient (Wildman–Crippen LogP) is 4.25. The second-order valence-corrected chi connectivity index (χ2v) is 11.6. The van der Waals surface area contributed by atoms with E-state index in [4.69, 9.17) is 0 Å². The minimum atomic E-state index is -0.0736. The molecule has 2 aromatic carbocycles. The van der Waals surface area contributed by atoms with Crippen LogP contribution in [0.3, 0.4) is 0 Å². The van der Waals surface area contributed by atoms with Gasteiger partial charge in [0, 0.05) is 70.3 Å². The smallest absolute Gasteiger partial charge is 0.321 e. The minimum absolute atomic E-state index is 0.0108. The lowest BCUT2D eigenvalue weighted by molar-refractivity contribution is -0.0217. The van der Waals surface area contributed by atoms with Gasteiger partial charge in [-0.05, 0) is 73.2 Å². The van der Waals surface area contributed by atoms with Crippen LogP contribution in [0.1, 0.15) is 63.4 Å². The van der Waals surface area contributed by atoms with Gasteiger partial charge in [0.1, 0.15) is 5.69 Å². The summed E-state index contributed by atoms with van der Waals surface area (Å²) in [5.74, 6) is -0.0628. The number of nitrogens with one attached hydrogen (secondary N) is 2. The maximum absolute atomic E-state index is 13.3. The fraction of sp³-hybridized carbons (Fsp3) is 0.406. The summed E-state index contributed by atoms with van der Waals surface area (Å²) >= 11 is 0. The van der Waals surface area contributed by atoms with E-state index in [1.807, 2.05) is 42.5 Å². The zero-order chi connectivity index (χ0) is 28.6. The molecule has 0 unspecified atom stereocenters. The number of anilines is 1. The van der Waals surface area contributed by atoms with Gasteiger partial charge in [-0.1, -0.05) is 24.3 Å². The number of likely N-dealkylation sites (tertiary alicyclic amines) is 1. The fourth-order valence-electron chi connectivity index (χ4n) is 6.16. The van der Waals surface area contributed by atoms with E-state index < -0.39 is 0 Å². The Balaban J connectivity index is 1.09. The average molecular weight is 555 g/mol. The normalized spacial score (nSPS) is 17.3. The standard InChI is InChI=1S/C32H38N6O3/c1-35(2)30(40)25-9-5-24(6-10-25)22-37-19-20-38-27(13-14-28(38)32(37)15-3-16-32)29(39)33-21-23-7-11-26(12-8-23)34-31(41)36-17-4-18-36/h5-14H,3-4,15-22H2,1-2H3,(H,33,39)(H,34,41). The maximum Gasteiger partial charge on any atom is 0.321 e. The summed E-state index contributed by atoms with van der Waals surface area (Å²) in [5, 5.41) is 6.00. The van der Waals surface area contributed by atoms with Gasteiger partial charge in [0.25, 0.3) is 11.8 Å². The fourth-order valence-corrected chi connectivity index (χ4v) is 6.16. The first kappa shape index (κ1) is 27.1. The molecule has 41 heavy (non-hydrogen) atoms. The van der Waals surface area contributed by atoms with Crippen molar-refractivity contribution in [3.05, 3.63) is 88.7 Å². The van der Waals surface area contributed by atoms with Crippen LogP contribution in [-0.2, 0) is 25.2 Å². The summed E-state index contributed by atoms with van der Waals surface area (Å²) < 4.78 is 2.21. The van der Waals surface area contributed by atoms with Crippen molar-refractivity contribution in [2.24, 2.45) is 0 Å². The van der Waals surface area contributed by atoms with Gasteiger partial charge < -0.3 is 25.0 Å². The largest absolute Gasteiger partial charge is 0.347 e. The zero-order valence-electron chi connectivity index (χ0n) is 23.9. The second kappa shape index (κ2) is 11.0. The van der Waals surface area contributed by atoms with E-state index in [1.165, 1.54) is 17.7 Å². The number of hydrogen-bond acceptors (Lipinski definition) is 4. The molecule has 2 aliphatic heterocycles. The first-order chi connectivity index (χ1) is 19.8. The highest BCUT2D eigenvalue weighted by atomic mass is 16.2. The summed E-state index contributed by atoms with van der Waals surface area (Å²) in [6.45, 7) is 4.49. The minimum Gasteiger partial charge on any atom is -0.347 e. The molecule has 1 aliphatic carbocycles. The second-order valence-electron chi connectivity index (χ2n) is 11.6. The van der Waals surface area contributed by atoms with Gasteiger partial charge in [-0.15, -0.1) is 0 Å².